The van der Waals surface area contributed by atoms with E-state index in [4.69, 9.17) is 5.73 Å². The van der Waals surface area contributed by atoms with Crippen molar-refractivity contribution in [3.63, 3.8) is 0 Å². The molecule has 0 aromatic carbocycles. The van der Waals surface area contributed by atoms with Crippen LogP contribution in [0.2, 0.25) is 0 Å². The van der Waals surface area contributed by atoms with Crippen molar-refractivity contribution in [2.45, 2.75) is 31.4 Å². The predicted molar refractivity (Wildman–Crippen MR) is 48.3 cm³/mol. The van der Waals surface area contributed by atoms with Gasteiger partial charge in [0.15, 0.2) is 0 Å². The molecule has 2 N–H and O–H groups in total. The van der Waals surface area contributed by atoms with Gasteiger partial charge in [-0.05, 0) is 24.5 Å². The second kappa shape index (κ2) is 4.24. The van der Waals surface area contributed by atoms with E-state index in [9.17, 15) is 0 Å². The zero-order valence-corrected chi connectivity index (χ0v) is 7.49. The summed E-state index contributed by atoms with van der Waals surface area (Å²) in [7, 11) is 0. The van der Waals surface area contributed by atoms with Crippen molar-refractivity contribution in [1.82, 2.24) is 0 Å². The highest BCUT2D eigenvalue weighted by molar-refractivity contribution is 7.99. The van der Waals surface area contributed by atoms with Crippen molar-refractivity contribution >= 4 is 11.8 Å². The van der Waals surface area contributed by atoms with E-state index >= 15 is 0 Å². The third-order valence-corrected chi connectivity index (χ3v) is 3.60. The lowest BCUT2D eigenvalue weighted by molar-refractivity contribution is 0.353. The smallest absolute Gasteiger partial charge is 0.0142 e. The van der Waals surface area contributed by atoms with Crippen molar-refractivity contribution < 1.29 is 0 Å². The minimum absolute atomic E-state index is 0.667. The van der Waals surface area contributed by atoms with Crippen LogP contribution < -0.4 is 5.73 Å². The molecule has 10 heavy (non-hydrogen) atoms. The van der Waals surface area contributed by atoms with Gasteiger partial charge >= 0.3 is 0 Å². The Balaban J connectivity index is 1.93. The van der Waals surface area contributed by atoms with Crippen LogP contribution in [0.15, 0.2) is 0 Å². The van der Waals surface area contributed by atoms with Gasteiger partial charge in [-0.25, -0.2) is 0 Å². The molecule has 0 radical (unpaired) electrons. The maximum absolute atomic E-state index is 5.50. The van der Waals surface area contributed by atoms with E-state index in [2.05, 4.69) is 6.92 Å². The van der Waals surface area contributed by atoms with E-state index in [-0.39, 0.29) is 0 Å². The van der Waals surface area contributed by atoms with Gasteiger partial charge in [-0.15, -0.1) is 0 Å². The standard InChI is InChI=1S/C8H17NS/c1-7(5-9)10-6-8-3-2-4-8/h7-8H,2-6,9H2,1H3. The summed E-state index contributed by atoms with van der Waals surface area (Å²) in [5.74, 6) is 2.37. The summed E-state index contributed by atoms with van der Waals surface area (Å²) < 4.78 is 0. The van der Waals surface area contributed by atoms with Crippen LogP contribution in [0.1, 0.15) is 26.2 Å². The van der Waals surface area contributed by atoms with Crippen LogP contribution >= 0.6 is 11.8 Å². The highest BCUT2D eigenvalue weighted by atomic mass is 32.2. The van der Waals surface area contributed by atoms with Gasteiger partial charge in [0.1, 0.15) is 0 Å². The Hall–Kier alpha value is 0.310. The molecule has 1 atom stereocenters. The van der Waals surface area contributed by atoms with E-state index in [1.54, 1.807) is 0 Å². The summed E-state index contributed by atoms with van der Waals surface area (Å²) >= 11 is 2.04. The Kier molecular flexibility index (Phi) is 3.57. The molecular formula is C8H17NS. The lowest BCUT2D eigenvalue weighted by Crippen LogP contribution is -2.18. The zero-order valence-electron chi connectivity index (χ0n) is 6.68. The molecule has 1 aliphatic rings. The van der Waals surface area contributed by atoms with Crippen LogP contribution in [0.4, 0.5) is 0 Å². The molecule has 1 rings (SSSR count). The van der Waals surface area contributed by atoms with Gasteiger partial charge in [-0.2, -0.15) is 11.8 Å². The predicted octanol–water partition coefficient (Wildman–Crippen LogP) is 1.87. The van der Waals surface area contributed by atoms with Crippen LogP contribution in [0, 0.1) is 5.92 Å². The van der Waals surface area contributed by atoms with E-state index in [0.717, 1.165) is 12.5 Å². The average Bonchev–Trinajstić information content (AvgIpc) is 1.84. The van der Waals surface area contributed by atoms with Crippen LogP contribution in [-0.2, 0) is 0 Å². The molecule has 1 aliphatic carbocycles. The first-order chi connectivity index (χ1) is 4.83. The molecule has 2 heteroatoms. The first-order valence-electron chi connectivity index (χ1n) is 4.14. The van der Waals surface area contributed by atoms with Gasteiger partial charge in [-0.3, -0.25) is 0 Å². The second-order valence-electron chi connectivity index (χ2n) is 3.18. The quantitative estimate of drug-likeness (QED) is 0.677. The maximum atomic E-state index is 5.50. The molecular weight excluding hydrogens is 142 g/mol. The van der Waals surface area contributed by atoms with Crippen molar-refractivity contribution in [2.75, 3.05) is 12.3 Å². The molecule has 0 bridgehead atoms. The van der Waals surface area contributed by atoms with Gasteiger partial charge in [0.25, 0.3) is 0 Å². The fourth-order valence-electron chi connectivity index (χ4n) is 1.03. The third kappa shape index (κ3) is 2.51. The summed E-state index contributed by atoms with van der Waals surface area (Å²) in [5, 5.41) is 0.667. The molecule has 0 spiro atoms. The van der Waals surface area contributed by atoms with E-state index in [1.807, 2.05) is 11.8 Å². The molecule has 0 heterocycles. The SMILES string of the molecule is CC(CN)SCC1CCC1. The Morgan fingerprint density at radius 1 is 1.60 bits per heavy atom. The Bertz CT molecular complexity index is 86.5. The first-order valence-corrected chi connectivity index (χ1v) is 5.19. The van der Waals surface area contributed by atoms with Crippen molar-refractivity contribution in [3.05, 3.63) is 0 Å². The molecule has 0 aliphatic heterocycles. The summed E-state index contributed by atoms with van der Waals surface area (Å²) in [6.45, 7) is 3.04. The molecule has 0 saturated heterocycles. The van der Waals surface area contributed by atoms with Crippen LogP contribution in [0.5, 0.6) is 0 Å². The van der Waals surface area contributed by atoms with Crippen LogP contribution in [0.25, 0.3) is 0 Å². The number of nitrogens with two attached hydrogens (primary N) is 1. The Morgan fingerprint density at radius 3 is 2.70 bits per heavy atom. The molecule has 60 valence electrons. The largest absolute Gasteiger partial charge is 0.329 e. The summed E-state index contributed by atoms with van der Waals surface area (Å²) in [5.41, 5.74) is 5.50. The summed E-state index contributed by atoms with van der Waals surface area (Å²) in [6, 6.07) is 0. The number of hydrogen-bond donors (Lipinski definition) is 1. The Labute approximate surface area is 67.8 Å². The van der Waals surface area contributed by atoms with E-state index in [0.29, 0.717) is 5.25 Å². The summed E-state index contributed by atoms with van der Waals surface area (Å²) in [6.07, 6.45) is 4.39. The van der Waals surface area contributed by atoms with Crippen molar-refractivity contribution in [2.24, 2.45) is 11.7 Å². The molecule has 0 aromatic heterocycles. The minimum Gasteiger partial charge on any atom is -0.329 e. The molecule has 1 fully saturated rings. The van der Waals surface area contributed by atoms with Crippen LogP contribution in [0.3, 0.4) is 0 Å². The monoisotopic (exact) mass is 159 g/mol. The maximum Gasteiger partial charge on any atom is 0.0142 e. The van der Waals surface area contributed by atoms with Crippen molar-refractivity contribution in [1.29, 1.82) is 0 Å². The molecule has 0 aromatic rings. The zero-order chi connectivity index (χ0) is 7.40. The lowest BCUT2D eigenvalue weighted by Gasteiger charge is -2.25. The number of rotatable bonds is 4. The minimum atomic E-state index is 0.667. The van der Waals surface area contributed by atoms with Gasteiger partial charge in [-0.1, -0.05) is 13.3 Å². The molecule has 1 saturated carbocycles. The Morgan fingerprint density at radius 2 is 2.30 bits per heavy atom. The van der Waals surface area contributed by atoms with Crippen LogP contribution in [-0.4, -0.2) is 17.5 Å². The highest BCUT2D eigenvalue weighted by Crippen LogP contribution is 2.30. The van der Waals surface area contributed by atoms with Gasteiger partial charge < -0.3 is 5.73 Å². The molecule has 0 amide bonds. The fraction of sp³-hybridized carbons (Fsp3) is 1.00. The van der Waals surface area contributed by atoms with Gasteiger partial charge in [0.05, 0.1) is 0 Å². The van der Waals surface area contributed by atoms with Gasteiger partial charge in [0, 0.05) is 11.8 Å². The second-order valence-corrected chi connectivity index (χ2v) is 4.65. The topological polar surface area (TPSA) is 26.0 Å². The molecule has 1 nitrogen and oxygen atoms in total. The third-order valence-electron chi connectivity index (χ3n) is 2.17. The fourth-order valence-corrected chi connectivity index (χ4v) is 2.10. The normalized spacial score (nSPS) is 22.2. The number of hydrogen-bond acceptors (Lipinski definition) is 2. The van der Waals surface area contributed by atoms with Gasteiger partial charge in [0.2, 0.25) is 0 Å². The molecule has 1 unspecified atom stereocenters. The van der Waals surface area contributed by atoms with E-state index in [1.165, 1.54) is 25.0 Å². The van der Waals surface area contributed by atoms with E-state index < -0.39 is 0 Å². The number of thioether (sulfide) groups is 1. The van der Waals surface area contributed by atoms with Crippen molar-refractivity contribution in [3.8, 4) is 0 Å². The first kappa shape index (κ1) is 8.41. The lowest BCUT2D eigenvalue weighted by atomic mass is 9.87. The average molecular weight is 159 g/mol. The summed E-state index contributed by atoms with van der Waals surface area (Å²) in [4.78, 5) is 0. The highest BCUT2D eigenvalue weighted by Gasteiger charge is 2.17.